The fourth-order valence-electron chi connectivity index (χ4n) is 2.69. The van der Waals surface area contributed by atoms with E-state index in [0.717, 1.165) is 6.42 Å². The summed E-state index contributed by atoms with van der Waals surface area (Å²) in [6, 6.07) is 0. The fourth-order valence-corrected chi connectivity index (χ4v) is 2.69. The zero-order valence-corrected chi connectivity index (χ0v) is 15.0. The zero-order chi connectivity index (χ0) is 16.3. The molecule has 0 aromatic carbocycles. The Morgan fingerprint density at radius 3 is 1.64 bits per heavy atom. The number of unbranched alkanes of at least 4 members (excludes halogenated alkanes) is 11. The first kappa shape index (κ1) is 21.4. The molecule has 0 aliphatic heterocycles. The Hall–Kier alpha value is -0.600. The predicted octanol–water partition coefficient (Wildman–Crippen LogP) is 6.42. The summed E-state index contributed by atoms with van der Waals surface area (Å²) < 4.78 is 10.4. The van der Waals surface area contributed by atoms with Gasteiger partial charge in [0, 0.05) is 14.2 Å². The van der Waals surface area contributed by atoms with Crippen molar-refractivity contribution >= 4 is 0 Å². The maximum Gasteiger partial charge on any atom is 0.156 e. The van der Waals surface area contributed by atoms with Crippen LogP contribution in [0.15, 0.2) is 24.8 Å². The van der Waals surface area contributed by atoms with Crippen molar-refractivity contribution in [1.29, 1.82) is 0 Å². The van der Waals surface area contributed by atoms with Crippen LogP contribution in [-0.4, -0.2) is 20.5 Å². The molecule has 0 aliphatic rings. The van der Waals surface area contributed by atoms with E-state index < -0.39 is 0 Å². The van der Waals surface area contributed by atoms with Crippen molar-refractivity contribution in [3.8, 4) is 0 Å². The first-order valence-electron chi connectivity index (χ1n) is 9.18. The van der Waals surface area contributed by atoms with Crippen LogP contribution in [0.4, 0.5) is 0 Å². The Kier molecular flexibility index (Phi) is 17.9. The summed E-state index contributed by atoms with van der Waals surface area (Å²) >= 11 is 0. The zero-order valence-electron chi connectivity index (χ0n) is 15.0. The minimum Gasteiger partial charge on any atom is -0.356 e. The Morgan fingerprint density at radius 2 is 1.18 bits per heavy atom. The fraction of sp³-hybridized carbons (Fsp3) is 0.800. The van der Waals surface area contributed by atoms with Crippen LogP contribution in [0.5, 0.6) is 0 Å². The van der Waals surface area contributed by atoms with Crippen LogP contribution >= 0.6 is 0 Å². The molecular weight excluding hydrogens is 272 g/mol. The highest BCUT2D eigenvalue weighted by atomic mass is 16.7. The third-order valence-electron chi connectivity index (χ3n) is 4.11. The standard InChI is InChI=1S/C20H38O2/c1-4-5-6-7-8-9-10-11-12-13-14-15-16-17-18-19-20(21-2)22-3/h4-6,20H,1,7-19H2,2-3H3/b6-5-. The molecule has 0 spiro atoms. The second kappa shape index (κ2) is 18.4. The molecule has 0 aromatic heterocycles. The number of hydrogen-bond donors (Lipinski definition) is 0. The molecule has 0 rings (SSSR count). The summed E-state index contributed by atoms with van der Waals surface area (Å²) in [4.78, 5) is 0. The minimum atomic E-state index is -0.00717. The Labute approximate surface area is 139 Å². The van der Waals surface area contributed by atoms with Crippen LogP contribution in [0.3, 0.4) is 0 Å². The molecule has 0 saturated carbocycles. The average molecular weight is 311 g/mol. The Balaban J connectivity index is 3.08. The molecule has 2 nitrogen and oxygen atoms in total. The summed E-state index contributed by atoms with van der Waals surface area (Å²) in [5.41, 5.74) is 0. The maximum atomic E-state index is 5.19. The lowest BCUT2D eigenvalue weighted by molar-refractivity contribution is -0.107. The van der Waals surface area contributed by atoms with E-state index in [1.807, 2.05) is 12.2 Å². The molecule has 0 saturated heterocycles. The van der Waals surface area contributed by atoms with E-state index in [0.29, 0.717) is 0 Å². The van der Waals surface area contributed by atoms with Gasteiger partial charge in [0.1, 0.15) is 0 Å². The van der Waals surface area contributed by atoms with Crippen molar-refractivity contribution in [2.45, 2.75) is 89.8 Å². The topological polar surface area (TPSA) is 18.5 Å². The molecule has 130 valence electrons. The predicted molar refractivity (Wildman–Crippen MR) is 97.2 cm³/mol. The Morgan fingerprint density at radius 1 is 0.727 bits per heavy atom. The highest BCUT2D eigenvalue weighted by Gasteiger charge is 2.03. The molecule has 0 bridgehead atoms. The highest BCUT2D eigenvalue weighted by Crippen LogP contribution is 2.13. The number of rotatable bonds is 17. The second-order valence-electron chi connectivity index (χ2n) is 6.03. The lowest BCUT2D eigenvalue weighted by atomic mass is 10.0. The van der Waals surface area contributed by atoms with Gasteiger partial charge in [-0.2, -0.15) is 0 Å². The third-order valence-corrected chi connectivity index (χ3v) is 4.11. The minimum absolute atomic E-state index is 0.00717. The van der Waals surface area contributed by atoms with Crippen LogP contribution in [0.1, 0.15) is 83.5 Å². The van der Waals surface area contributed by atoms with Crippen LogP contribution in [0, 0.1) is 0 Å². The molecular formula is C20H38O2. The van der Waals surface area contributed by atoms with E-state index in [9.17, 15) is 0 Å². The van der Waals surface area contributed by atoms with E-state index in [1.165, 1.54) is 77.0 Å². The summed E-state index contributed by atoms with van der Waals surface area (Å²) in [6.07, 6.45) is 23.4. The van der Waals surface area contributed by atoms with Crippen molar-refractivity contribution in [3.05, 3.63) is 24.8 Å². The monoisotopic (exact) mass is 310 g/mol. The summed E-state index contributed by atoms with van der Waals surface area (Å²) in [7, 11) is 3.43. The van der Waals surface area contributed by atoms with Crippen molar-refractivity contribution in [1.82, 2.24) is 0 Å². The Bertz CT molecular complexity index is 244. The summed E-state index contributed by atoms with van der Waals surface area (Å²) in [5.74, 6) is 0. The van der Waals surface area contributed by atoms with E-state index in [4.69, 9.17) is 9.47 Å². The molecule has 0 aromatic rings. The van der Waals surface area contributed by atoms with E-state index in [2.05, 4.69) is 12.7 Å². The molecule has 0 heterocycles. The van der Waals surface area contributed by atoms with Crippen molar-refractivity contribution < 1.29 is 9.47 Å². The van der Waals surface area contributed by atoms with Crippen LogP contribution < -0.4 is 0 Å². The molecule has 0 radical (unpaired) electrons. The third kappa shape index (κ3) is 15.8. The van der Waals surface area contributed by atoms with Gasteiger partial charge in [-0.05, 0) is 25.7 Å². The van der Waals surface area contributed by atoms with Gasteiger partial charge in [0.2, 0.25) is 0 Å². The maximum absolute atomic E-state index is 5.19. The van der Waals surface area contributed by atoms with Crippen molar-refractivity contribution in [2.75, 3.05) is 14.2 Å². The number of methoxy groups -OCH3 is 2. The summed E-state index contributed by atoms with van der Waals surface area (Å²) in [5, 5.41) is 0. The van der Waals surface area contributed by atoms with Gasteiger partial charge >= 0.3 is 0 Å². The SMILES string of the molecule is C=C/C=C\CCCCCCCCCCCCCC(OC)OC. The smallest absolute Gasteiger partial charge is 0.156 e. The van der Waals surface area contributed by atoms with Gasteiger partial charge < -0.3 is 9.47 Å². The number of hydrogen-bond acceptors (Lipinski definition) is 2. The average Bonchev–Trinajstić information content (AvgIpc) is 2.55. The largest absolute Gasteiger partial charge is 0.356 e. The first-order valence-corrected chi connectivity index (χ1v) is 9.18. The van der Waals surface area contributed by atoms with Gasteiger partial charge in [-0.3, -0.25) is 0 Å². The molecule has 0 atom stereocenters. The lowest BCUT2D eigenvalue weighted by Gasteiger charge is -2.12. The highest BCUT2D eigenvalue weighted by molar-refractivity contribution is 4.96. The molecule has 2 heteroatoms. The lowest BCUT2D eigenvalue weighted by Crippen LogP contribution is -2.12. The van der Waals surface area contributed by atoms with Gasteiger partial charge in [0.25, 0.3) is 0 Å². The molecule has 0 fully saturated rings. The molecule has 0 amide bonds. The van der Waals surface area contributed by atoms with Gasteiger partial charge in [-0.25, -0.2) is 0 Å². The number of allylic oxidation sites excluding steroid dienone is 3. The van der Waals surface area contributed by atoms with Gasteiger partial charge in [-0.1, -0.05) is 82.6 Å². The van der Waals surface area contributed by atoms with E-state index in [1.54, 1.807) is 14.2 Å². The van der Waals surface area contributed by atoms with Crippen molar-refractivity contribution in [3.63, 3.8) is 0 Å². The van der Waals surface area contributed by atoms with E-state index >= 15 is 0 Å². The quantitative estimate of drug-likeness (QED) is 0.175. The van der Waals surface area contributed by atoms with Crippen LogP contribution in [0.25, 0.3) is 0 Å². The van der Waals surface area contributed by atoms with Gasteiger partial charge in [-0.15, -0.1) is 0 Å². The van der Waals surface area contributed by atoms with E-state index in [-0.39, 0.29) is 6.29 Å². The molecule has 0 unspecified atom stereocenters. The normalized spacial score (nSPS) is 11.6. The van der Waals surface area contributed by atoms with Gasteiger partial charge in [0.15, 0.2) is 6.29 Å². The molecule has 0 N–H and O–H groups in total. The number of ether oxygens (including phenoxy) is 2. The molecule has 22 heavy (non-hydrogen) atoms. The molecule has 0 aliphatic carbocycles. The summed E-state index contributed by atoms with van der Waals surface area (Å²) in [6.45, 7) is 3.68. The second-order valence-corrected chi connectivity index (χ2v) is 6.03. The van der Waals surface area contributed by atoms with Crippen LogP contribution in [-0.2, 0) is 9.47 Å². The van der Waals surface area contributed by atoms with Gasteiger partial charge in [0.05, 0.1) is 0 Å². The van der Waals surface area contributed by atoms with Crippen LogP contribution in [0.2, 0.25) is 0 Å². The first-order chi connectivity index (χ1) is 10.8. The van der Waals surface area contributed by atoms with Crippen molar-refractivity contribution in [2.24, 2.45) is 0 Å².